The minimum absolute atomic E-state index is 0.0946. The molecule has 1 aliphatic heterocycles. The van der Waals surface area contributed by atoms with E-state index in [2.05, 4.69) is 59.0 Å². The van der Waals surface area contributed by atoms with Crippen molar-refractivity contribution in [1.29, 1.82) is 5.26 Å². The van der Waals surface area contributed by atoms with Crippen LogP contribution in [-0.2, 0) is 16.1 Å². The van der Waals surface area contributed by atoms with Crippen LogP contribution in [0.4, 0.5) is 0 Å². The van der Waals surface area contributed by atoms with Gasteiger partial charge in [-0.1, -0.05) is 29.8 Å². The number of piperidine rings is 1. The van der Waals surface area contributed by atoms with Crippen molar-refractivity contribution in [3.63, 3.8) is 0 Å². The van der Waals surface area contributed by atoms with Crippen molar-refractivity contribution in [3.05, 3.63) is 64.0 Å². The SMILES string of the molecule is COCC(C)n1c(C)cc(/C=C(/C#N)C(=O)NC2CCN(Cc3cccc(C)c3)CC2)c1C. The molecule has 0 saturated carbocycles. The zero-order chi connectivity index (χ0) is 24.0. The van der Waals surface area contributed by atoms with Crippen LogP contribution in [0.15, 0.2) is 35.9 Å². The predicted octanol–water partition coefficient (Wildman–Crippen LogP) is 4.31. The number of aromatic nitrogens is 1. The molecule has 0 aliphatic carbocycles. The molecule has 1 N–H and O–H groups in total. The standard InChI is InChI=1S/C27H36N4O2/c1-19-7-6-8-23(13-19)17-30-11-9-26(10-12-30)29-27(32)25(16-28)15-24-14-20(2)31(22(24)4)21(3)18-33-5/h6-8,13-15,21,26H,9-12,17-18H2,1-5H3,(H,29,32)/b25-15-. The van der Waals surface area contributed by atoms with E-state index in [1.54, 1.807) is 13.2 Å². The summed E-state index contributed by atoms with van der Waals surface area (Å²) >= 11 is 0. The number of methoxy groups -OCH3 is 1. The lowest BCUT2D eigenvalue weighted by Gasteiger charge is -2.32. The van der Waals surface area contributed by atoms with Gasteiger partial charge in [-0.25, -0.2) is 0 Å². The van der Waals surface area contributed by atoms with E-state index in [9.17, 15) is 10.1 Å². The normalized spacial score (nSPS) is 16.4. The number of carbonyl (C=O) groups is 1. The zero-order valence-electron chi connectivity index (χ0n) is 20.5. The number of ether oxygens (including phenoxy) is 1. The highest BCUT2D eigenvalue weighted by Crippen LogP contribution is 2.23. The summed E-state index contributed by atoms with van der Waals surface area (Å²) in [6.07, 6.45) is 3.49. The average molecular weight is 449 g/mol. The first-order valence-electron chi connectivity index (χ1n) is 11.7. The molecule has 0 radical (unpaired) electrons. The van der Waals surface area contributed by atoms with E-state index in [0.717, 1.165) is 49.4 Å². The van der Waals surface area contributed by atoms with Gasteiger partial charge in [0.2, 0.25) is 0 Å². The number of benzene rings is 1. The zero-order valence-corrected chi connectivity index (χ0v) is 20.5. The first-order chi connectivity index (χ1) is 15.8. The molecule has 1 saturated heterocycles. The second kappa shape index (κ2) is 11.3. The van der Waals surface area contributed by atoms with Crippen LogP contribution in [0, 0.1) is 32.1 Å². The number of likely N-dealkylation sites (tertiary alicyclic amines) is 1. The van der Waals surface area contributed by atoms with Gasteiger partial charge in [-0.05, 0) is 63.8 Å². The van der Waals surface area contributed by atoms with E-state index < -0.39 is 0 Å². The second-order valence-electron chi connectivity index (χ2n) is 9.18. The molecule has 1 aliphatic rings. The van der Waals surface area contributed by atoms with Crippen molar-refractivity contribution in [2.45, 2.75) is 59.2 Å². The molecular formula is C27H36N4O2. The van der Waals surface area contributed by atoms with Gasteiger partial charge in [-0.3, -0.25) is 9.69 Å². The first-order valence-corrected chi connectivity index (χ1v) is 11.7. The second-order valence-corrected chi connectivity index (χ2v) is 9.18. The van der Waals surface area contributed by atoms with E-state index in [1.807, 2.05) is 19.9 Å². The van der Waals surface area contributed by atoms with Crippen LogP contribution in [0.25, 0.3) is 6.08 Å². The molecule has 0 bridgehead atoms. The summed E-state index contributed by atoms with van der Waals surface area (Å²) in [6, 6.07) is 13.0. The van der Waals surface area contributed by atoms with E-state index in [-0.39, 0.29) is 23.6 Å². The summed E-state index contributed by atoms with van der Waals surface area (Å²) in [6.45, 7) is 11.7. The van der Waals surface area contributed by atoms with Gasteiger partial charge < -0.3 is 14.6 Å². The lowest BCUT2D eigenvalue weighted by Crippen LogP contribution is -2.44. The molecule has 1 fully saturated rings. The molecule has 1 aromatic carbocycles. The van der Waals surface area contributed by atoms with Gasteiger partial charge in [-0.2, -0.15) is 5.26 Å². The molecule has 1 unspecified atom stereocenters. The summed E-state index contributed by atoms with van der Waals surface area (Å²) < 4.78 is 7.48. The predicted molar refractivity (Wildman–Crippen MR) is 132 cm³/mol. The van der Waals surface area contributed by atoms with Gasteiger partial charge in [0.05, 0.1) is 12.6 Å². The van der Waals surface area contributed by atoms with Crippen LogP contribution in [0.1, 0.15) is 53.9 Å². The molecule has 6 nitrogen and oxygen atoms in total. The van der Waals surface area contributed by atoms with Gasteiger partial charge in [0, 0.05) is 44.2 Å². The van der Waals surface area contributed by atoms with Crippen LogP contribution >= 0.6 is 0 Å². The Bertz CT molecular complexity index is 1040. The molecule has 33 heavy (non-hydrogen) atoms. The Morgan fingerprint density at radius 3 is 2.64 bits per heavy atom. The van der Waals surface area contributed by atoms with Gasteiger partial charge in [0.1, 0.15) is 11.6 Å². The fourth-order valence-electron chi connectivity index (χ4n) is 4.81. The average Bonchev–Trinajstić information content (AvgIpc) is 3.06. The van der Waals surface area contributed by atoms with E-state index >= 15 is 0 Å². The summed E-state index contributed by atoms with van der Waals surface area (Å²) in [5.41, 5.74) is 5.76. The Kier molecular flexibility index (Phi) is 8.49. The Labute approximate surface area is 197 Å². The monoisotopic (exact) mass is 448 g/mol. The molecule has 2 heterocycles. The van der Waals surface area contributed by atoms with Gasteiger partial charge in [-0.15, -0.1) is 0 Å². The number of nitrogens with one attached hydrogen (secondary N) is 1. The third-order valence-electron chi connectivity index (χ3n) is 6.45. The maximum Gasteiger partial charge on any atom is 0.262 e. The smallest absolute Gasteiger partial charge is 0.262 e. The van der Waals surface area contributed by atoms with E-state index in [1.165, 1.54) is 11.1 Å². The molecule has 6 heteroatoms. The van der Waals surface area contributed by atoms with Gasteiger partial charge in [0.15, 0.2) is 0 Å². The van der Waals surface area contributed by atoms with Crippen molar-refractivity contribution in [3.8, 4) is 6.07 Å². The Morgan fingerprint density at radius 1 is 1.27 bits per heavy atom. The van der Waals surface area contributed by atoms with Crippen LogP contribution in [0.2, 0.25) is 0 Å². The lowest BCUT2D eigenvalue weighted by atomic mass is 10.0. The van der Waals surface area contributed by atoms with Crippen LogP contribution in [-0.4, -0.2) is 48.2 Å². The lowest BCUT2D eigenvalue weighted by molar-refractivity contribution is -0.118. The van der Waals surface area contributed by atoms with E-state index in [0.29, 0.717) is 6.61 Å². The number of aryl methyl sites for hydroxylation is 2. The van der Waals surface area contributed by atoms with Crippen LogP contribution in [0.3, 0.4) is 0 Å². The van der Waals surface area contributed by atoms with Crippen LogP contribution < -0.4 is 5.32 Å². The molecule has 1 aromatic heterocycles. The maximum atomic E-state index is 12.9. The third-order valence-corrected chi connectivity index (χ3v) is 6.45. The molecule has 3 rings (SSSR count). The molecule has 0 spiro atoms. The largest absolute Gasteiger partial charge is 0.383 e. The fraction of sp³-hybridized carbons (Fsp3) is 0.481. The summed E-state index contributed by atoms with van der Waals surface area (Å²) in [4.78, 5) is 15.3. The van der Waals surface area contributed by atoms with Crippen molar-refractivity contribution in [1.82, 2.24) is 14.8 Å². The number of hydrogen-bond donors (Lipinski definition) is 1. The Morgan fingerprint density at radius 2 is 2.00 bits per heavy atom. The topological polar surface area (TPSA) is 70.3 Å². The summed E-state index contributed by atoms with van der Waals surface area (Å²) in [7, 11) is 1.69. The van der Waals surface area contributed by atoms with Gasteiger partial charge >= 0.3 is 0 Å². The summed E-state index contributed by atoms with van der Waals surface area (Å²) in [5.74, 6) is -0.288. The van der Waals surface area contributed by atoms with Crippen molar-refractivity contribution in [2.75, 3.05) is 26.8 Å². The molecular weight excluding hydrogens is 412 g/mol. The number of nitrogens with zero attached hydrogens (tertiary/aromatic N) is 3. The Balaban J connectivity index is 1.60. The van der Waals surface area contributed by atoms with E-state index in [4.69, 9.17) is 4.74 Å². The highest BCUT2D eigenvalue weighted by molar-refractivity contribution is 6.02. The number of carbonyl (C=O) groups excluding carboxylic acids is 1. The third kappa shape index (κ3) is 6.34. The molecule has 1 atom stereocenters. The maximum absolute atomic E-state index is 12.9. The molecule has 176 valence electrons. The number of rotatable bonds is 8. The van der Waals surface area contributed by atoms with Crippen molar-refractivity contribution < 1.29 is 9.53 Å². The minimum Gasteiger partial charge on any atom is -0.383 e. The minimum atomic E-state index is -0.288. The Hall–Kier alpha value is -2.88. The highest BCUT2D eigenvalue weighted by atomic mass is 16.5. The number of nitriles is 1. The van der Waals surface area contributed by atoms with Crippen molar-refractivity contribution in [2.24, 2.45) is 0 Å². The van der Waals surface area contributed by atoms with Crippen molar-refractivity contribution >= 4 is 12.0 Å². The number of amides is 1. The van der Waals surface area contributed by atoms with Gasteiger partial charge in [0.25, 0.3) is 5.91 Å². The number of hydrogen-bond acceptors (Lipinski definition) is 4. The molecule has 2 aromatic rings. The fourth-order valence-corrected chi connectivity index (χ4v) is 4.81. The highest BCUT2D eigenvalue weighted by Gasteiger charge is 2.23. The van der Waals surface area contributed by atoms with Crippen LogP contribution in [0.5, 0.6) is 0 Å². The molecule has 1 amide bonds. The first kappa shape index (κ1) is 24.8. The quantitative estimate of drug-likeness (QED) is 0.483. The summed E-state index contributed by atoms with van der Waals surface area (Å²) in [5, 5.41) is 12.7.